The van der Waals surface area contributed by atoms with Gasteiger partial charge >= 0.3 is 0 Å². The maximum absolute atomic E-state index is 5.94. The van der Waals surface area contributed by atoms with Crippen LogP contribution < -0.4 is 25.6 Å². The molecule has 1 fully saturated rings. The van der Waals surface area contributed by atoms with Gasteiger partial charge in [0.2, 0.25) is 11.9 Å². The lowest BCUT2D eigenvalue weighted by Crippen LogP contribution is -3.13. The molecule has 0 unspecified atom stereocenters. The number of aryl methyl sites for hydroxylation is 1. The Morgan fingerprint density at radius 3 is 2.53 bits per heavy atom. The number of nitrogen functional groups attached to an aromatic ring is 1. The Morgan fingerprint density at radius 1 is 1.07 bits per heavy atom. The lowest BCUT2D eigenvalue weighted by molar-refractivity contribution is -0.915. The molecule has 0 radical (unpaired) electrons. The molecule has 0 aliphatic carbocycles. The quantitative estimate of drug-likeness (QED) is 0.570. The Morgan fingerprint density at radius 2 is 1.83 bits per heavy atom. The summed E-state index contributed by atoms with van der Waals surface area (Å²) in [7, 11) is 1.69. The van der Waals surface area contributed by atoms with Crippen LogP contribution in [0.1, 0.15) is 11.4 Å². The summed E-state index contributed by atoms with van der Waals surface area (Å²) in [5.41, 5.74) is 9.27. The summed E-state index contributed by atoms with van der Waals surface area (Å²) in [4.78, 5) is 17.0. The first-order valence-corrected chi connectivity index (χ1v) is 10.2. The van der Waals surface area contributed by atoms with Gasteiger partial charge < -0.3 is 25.6 Å². The molecule has 3 aromatic rings. The minimum atomic E-state index is 0.242. The van der Waals surface area contributed by atoms with Crippen LogP contribution >= 0.6 is 0 Å². The van der Waals surface area contributed by atoms with Gasteiger partial charge in [-0.2, -0.15) is 15.0 Å². The van der Waals surface area contributed by atoms with Crippen molar-refractivity contribution in [1.29, 1.82) is 0 Å². The number of benzene rings is 2. The molecule has 2 heterocycles. The van der Waals surface area contributed by atoms with Gasteiger partial charge in [0.25, 0.3) is 0 Å². The van der Waals surface area contributed by atoms with E-state index in [1.54, 1.807) is 7.11 Å². The first-order valence-electron chi connectivity index (χ1n) is 10.2. The molecule has 30 heavy (non-hydrogen) atoms. The molecular formula is C22H28N7O+. The van der Waals surface area contributed by atoms with Gasteiger partial charge in [0, 0.05) is 11.4 Å². The average molecular weight is 407 g/mol. The van der Waals surface area contributed by atoms with Crippen LogP contribution in [0.4, 0.5) is 23.3 Å². The standard InChI is InChI=1S/C22H27N7O/c1-16-4-3-5-17(14-16)24-22-26-20(25-21(23)27-22)15-28-10-12-29(13-11-28)18-6-8-19(30-2)9-7-18/h3-9,14H,10-13,15H2,1-2H3,(H3,23,24,25,26,27)/p+1. The summed E-state index contributed by atoms with van der Waals surface area (Å²) < 4.78 is 5.25. The minimum absolute atomic E-state index is 0.242. The predicted octanol–water partition coefficient (Wildman–Crippen LogP) is 1.42. The summed E-state index contributed by atoms with van der Waals surface area (Å²) in [6, 6.07) is 16.3. The third kappa shape index (κ3) is 4.96. The smallest absolute Gasteiger partial charge is 0.232 e. The highest BCUT2D eigenvalue weighted by Crippen LogP contribution is 2.19. The zero-order valence-corrected chi connectivity index (χ0v) is 17.4. The van der Waals surface area contributed by atoms with E-state index in [2.05, 4.69) is 37.3 Å². The second-order valence-electron chi connectivity index (χ2n) is 7.54. The number of nitrogens with zero attached hydrogens (tertiary/aromatic N) is 4. The molecule has 1 aliphatic rings. The fourth-order valence-electron chi connectivity index (χ4n) is 3.70. The van der Waals surface area contributed by atoms with E-state index in [0.717, 1.165) is 44.2 Å². The molecule has 0 atom stereocenters. The predicted molar refractivity (Wildman–Crippen MR) is 118 cm³/mol. The number of nitrogens with one attached hydrogen (secondary N) is 2. The molecule has 0 saturated carbocycles. The monoisotopic (exact) mass is 406 g/mol. The summed E-state index contributed by atoms with van der Waals surface area (Å²) in [6.45, 7) is 6.77. The van der Waals surface area contributed by atoms with Crippen LogP contribution in [0.25, 0.3) is 0 Å². The van der Waals surface area contributed by atoms with Crippen molar-refractivity contribution in [1.82, 2.24) is 15.0 Å². The number of anilines is 4. The first kappa shape index (κ1) is 19.9. The zero-order chi connectivity index (χ0) is 20.9. The van der Waals surface area contributed by atoms with Crippen molar-refractivity contribution >= 4 is 23.3 Å². The first-order chi connectivity index (χ1) is 14.6. The number of aromatic nitrogens is 3. The van der Waals surface area contributed by atoms with Crippen molar-refractivity contribution in [2.75, 3.05) is 49.2 Å². The van der Waals surface area contributed by atoms with Gasteiger partial charge in [-0.3, -0.25) is 0 Å². The van der Waals surface area contributed by atoms with E-state index in [0.29, 0.717) is 11.8 Å². The van der Waals surface area contributed by atoms with Crippen LogP contribution in [-0.4, -0.2) is 48.2 Å². The Kier molecular flexibility index (Phi) is 5.94. The van der Waals surface area contributed by atoms with Crippen molar-refractivity contribution in [2.24, 2.45) is 0 Å². The van der Waals surface area contributed by atoms with E-state index in [1.807, 2.05) is 43.3 Å². The number of methoxy groups -OCH3 is 1. The molecule has 156 valence electrons. The number of rotatable bonds is 6. The second kappa shape index (κ2) is 8.96. The van der Waals surface area contributed by atoms with Crippen LogP contribution in [0.5, 0.6) is 5.75 Å². The molecule has 1 aromatic heterocycles. The van der Waals surface area contributed by atoms with Crippen LogP contribution in [0, 0.1) is 6.92 Å². The Bertz CT molecular complexity index is 985. The molecule has 0 bridgehead atoms. The molecule has 0 amide bonds. The molecule has 8 heteroatoms. The van der Waals surface area contributed by atoms with Gasteiger partial charge in [0.1, 0.15) is 12.3 Å². The van der Waals surface area contributed by atoms with Gasteiger partial charge in [0.15, 0.2) is 5.82 Å². The third-order valence-electron chi connectivity index (χ3n) is 5.29. The van der Waals surface area contributed by atoms with Gasteiger partial charge in [-0.1, -0.05) is 12.1 Å². The number of nitrogens with two attached hydrogens (primary N) is 1. The Labute approximate surface area is 176 Å². The molecule has 4 rings (SSSR count). The SMILES string of the molecule is COc1ccc(N2CC[NH+](Cc3nc(N)nc(Nc4cccc(C)c4)n3)CC2)cc1. The zero-order valence-electron chi connectivity index (χ0n) is 17.4. The maximum atomic E-state index is 5.94. The highest BCUT2D eigenvalue weighted by Gasteiger charge is 2.22. The van der Waals surface area contributed by atoms with Crippen molar-refractivity contribution in [2.45, 2.75) is 13.5 Å². The molecule has 8 nitrogen and oxygen atoms in total. The Hall–Kier alpha value is -3.39. The van der Waals surface area contributed by atoms with Crippen LogP contribution in [0.2, 0.25) is 0 Å². The normalized spacial score (nSPS) is 14.5. The van der Waals surface area contributed by atoms with E-state index < -0.39 is 0 Å². The van der Waals surface area contributed by atoms with Gasteiger partial charge in [-0.15, -0.1) is 0 Å². The Balaban J connectivity index is 1.37. The maximum Gasteiger partial charge on any atom is 0.232 e. The lowest BCUT2D eigenvalue weighted by Gasteiger charge is -2.33. The minimum Gasteiger partial charge on any atom is -0.497 e. The van der Waals surface area contributed by atoms with E-state index in [9.17, 15) is 0 Å². The number of ether oxygens (including phenoxy) is 1. The lowest BCUT2D eigenvalue weighted by atomic mass is 10.2. The highest BCUT2D eigenvalue weighted by atomic mass is 16.5. The van der Waals surface area contributed by atoms with Crippen LogP contribution in [0.3, 0.4) is 0 Å². The number of quaternary nitrogens is 1. The van der Waals surface area contributed by atoms with Crippen molar-refractivity contribution < 1.29 is 9.64 Å². The van der Waals surface area contributed by atoms with Crippen molar-refractivity contribution in [3.63, 3.8) is 0 Å². The second-order valence-corrected chi connectivity index (χ2v) is 7.54. The summed E-state index contributed by atoms with van der Waals surface area (Å²) in [5, 5.41) is 3.23. The largest absolute Gasteiger partial charge is 0.497 e. The van der Waals surface area contributed by atoms with E-state index >= 15 is 0 Å². The van der Waals surface area contributed by atoms with E-state index in [-0.39, 0.29) is 5.95 Å². The van der Waals surface area contributed by atoms with Crippen molar-refractivity contribution in [3.8, 4) is 5.75 Å². The topological polar surface area (TPSA) is 93.6 Å². The molecule has 1 saturated heterocycles. The van der Waals surface area contributed by atoms with Crippen LogP contribution in [-0.2, 0) is 6.54 Å². The average Bonchev–Trinajstić information content (AvgIpc) is 2.74. The summed E-state index contributed by atoms with van der Waals surface area (Å²) in [5.74, 6) is 2.32. The van der Waals surface area contributed by atoms with Gasteiger partial charge in [0.05, 0.1) is 33.3 Å². The van der Waals surface area contributed by atoms with Gasteiger partial charge in [-0.05, 0) is 48.9 Å². The molecular weight excluding hydrogens is 378 g/mol. The summed E-state index contributed by atoms with van der Waals surface area (Å²) >= 11 is 0. The number of piperazine rings is 1. The van der Waals surface area contributed by atoms with Gasteiger partial charge in [-0.25, -0.2) is 0 Å². The third-order valence-corrected chi connectivity index (χ3v) is 5.29. The van der Waals surface area contributed by atoms with Crippen LogP contribution in [0.15, 0.2) is 48.5 Å². The molecule has 4 N–H and O–H groups in total. The fraction of sp³-hybridized carbons (Fsp3) is 0.318. The highest BCUT2D eigenvalue weighted by molar-refractivity contribution is 5.54. The molecule has 0 spiro atoms. The molecule has 2 aromatic carbocycles. The van der Waals surface area contributed by atoms with E-state index in [1.165, 1.54) is 16.2 Å². The number of hydrogen-bond acceptors (Lipinski definition) is 7. The fourth-order valence-corrected chi connectivity index (χ4v) is 3.70. The summed E-state index contributed by atoms with van der Waals surface area (Å²) in [6.07, 6.45) is 0. The molecule has 1 aliphatic heterocycles. The number of hydrogen-bond donors (Lipinski definition) is 3. The van der Waals surface area contributed by atoms with Crippen molar-refractivity contribution in [3.05, 3.63) is 59.9 Å². The van der Waals surface area contributed by atoms with E-state index in [4.69, 9.17) is 10.5 Å².